The molecule has 27 heavy (non-hydrogen) atoms. The van der Waals surface area contributed by atoms with Gasteiger partial charge in [-0.1, -0.05) is 48.5 Å². The molecule has 1 aromatic heterocycles. The second kappa shape index (κ2) is 8.08. The fourth-order valence-electron chi connectivity index (χ4n) is 3.38. The summed E-state index contributed by atoms with van der Waals surface area (Å²) in [6.45, 7) is 2.68. The minimum absolute atomic E-state index is 0.648. The van der Waals surface area contributed by atoms with Gasteiger partial charge >= 0.3 is 0 Å². The molecule has 0 amide bonds. The van der Waals surface area contributed by atoms with Crippen molar-refractivity contribution in [2.24, 2.45) is 0 Å². The Morgan fingerprint density at radius 3 is 2.48 bits per heavy atom. The molecule has 0 bridgehead atoms. The molecule has 4 rings (SSSR count). The molecule has 1 aliphatic heterocycles. The highest BCUT2D eigenvalue weighted by Gasteiger charge is 2.17. The summed E-state index contributed by atoms with van der Waals surface area (Å²) in [5.74, 6) is 2.51. The van der Waals surface area contributed by atoms with Gasteiger partial charge in [-0.05, 0) is 18.9 Å². The molecule has 5 nitrogen and oxygen atoms in total. The third-order valence-electron chi connectivity index (χ3n) is 4.83. The Hall–Kier alpha value is -3.08. The van der Waals surface area contributed by atoms with Crippen LogP contribution in [0.5, 0.6) is 5.75 Å². The fourth-order valence-corrected chi connectivity index (χ4v) is 3.38. The van der Waals surface area contributed by atoms with Crippen molar-refractivity contribution < 1.29 is 4.74 Å². The van der Waals surface area contributed by atoms with E-state index in [2.05, 4.69) is 28.4 Å². The third-order valence-corrected chi connectivity index (χ3v) is 4.83. The van der Waals surface area contributed by atoms with Crippen LogP contribution < -0.4 is 15.0 Å². The van der Waals surface area contributed by atoms with E-state index in [0.717, 1.165) is 47.4 Å². The first-order valence-corrected chi connectivity index (χ1v) is 9.39. The zero-order valence-corrected chi connectivity index (χ0v) is 15.6. The highest BCUT2D eigenvalue weighted by molar-refractivity contribution is 5.64. The number of rotatable bonds is 6. The molecule has 0 atom stereocenters. The molecule has 0 radical (unpaired) electrons. The summed E-state index contributed by atoms with van der Waals surface area (Å²) in [5.41, 5.74) is 3.14. The minimum Gasteiger partial charge on any atom is -0.496 e. The van der Waals surface area contributed by atoms with Gasteiger partial charge < -0.3 is 15.0 Å². The molecule has 138 valence electrons. The average Bonchev–Trinajstić information content (AvgIpc) is 3.28. The van der Waals surface area contributed by atoms with Gasteiger partial charge in [0.25, 0.3) is 0 Å². The van der Waals surface area contributed by atoms with Gasteiger partial charge in [-0.2, -0.15) is 4.98 Å². The Balaban J connectivity index is 1.63. The maximum absolute atomic E-state index is 5.45. The molecule has 0 saturated carbocycles. The Morgan fingerprint density at radius 1 is 0.963 bits per heavy atom. The molecule has 1 aliphatic rings. The quantitative estimate of drug-likeness (QED) is 0.708. The monoisotopic (exact) mass is 360 g/mol. The summed E-state index contributed by atoms with van der Waals surface area (Å²) >= 11 is 0. The molecule has 0 spiro atoms. The zero-order chi connectivity index (χ0) is 18.5. The molecule has 1 saturated heterocycles. The first-order chi connectivity index (χ1) is 13.3. The van der Waals surface area contributed by atoms with Crippen LogP contribution in [0.3, 0.4) is 0 Å². The number of aromatic nitrogens is 2. The molecular weight excluding hydrogens is 336 g/mol. The van der Waals surface area contributed by atoms with Crippen molar-refractivity contribution >= 4 is 11.8 Å². The predicted octanol–water partition coefficient (Wildman–Crippen LogP) is 4.36. The van der Waals surface area contributed by atoms with Gasteiger partial charge in [0.2, 0.25) is 5.95 Å². The van der Waals surface area contributed by atoms with Crippen molar-refractivity contribution in [2.75, 3.05) is 30.4 Å². The number of hydrogen-bond acceptors (Lipinski definition) is 5. The van der Waals surface area contributed by atoms with Crippen LogP contribution in [0, 0.1) is 0 Å². The number of anilines is 2. The fraction of sp³-hybridized carbons (Fsp3) is 0.273. The SMILES string of the molecule is COc1ccccc1CNc1cc(-c2ccccc2)nc(N2CCCC2)n1. The topological polar surface area (TPSA) is 50.3 Å². The second-order valence-corrected chi connectivity index (χ2v) is 6.66. The number of para-hydroxylation sites is 1. The van der Waals surface area contributed by atoms with Gasteiger partial charge in [0, 0.05) is 36.8 Å². The van der Waals surface area contributed by atoms with Crippen LogP contribution in [0.25, 0.3) is 11.3 Å². The number of nitrogens with zero attached hydrogens (tertiary/aromatic N) is 3. The van der Waals surface area contributed by atoms with E-state index < -0.39 is 0 Å². The number of hydrogen-bond donors (Lipinski definition) is 1. The number of ether oxygens (including phenoxy) is 1. The van der Waals surface area contributed by atoms with Crippen LogP contribution in [0.1, 0.15) is 18.4 Å². The van der Waals surface area contributed by atoms with Crippen molar-refractivity contribution in [3.63, 3.8) is 0 Å². The van der Waals surface area contributed by atoms with Crippen LogP contribution in [0.4, 0.5) is 11.8 Å². The van der Waals surface area contributed by atoms with E-state index in [1.54, 1.807) is 7.11 Å². The standard InChI is InChI=1S/C22H24N4O/c1-27-20-12-6-5-11-18(20)16-23-21-15-19(17-9-3-2-4-10-17)24-22(25-21)26-13-7-8-14-26/h2-6,9-12,15H,7-8,13-14,16H2,1H3,(H,23,24,25). The third kappa shape index (κ3) is 4.03. The summed E-state index contributed by atoms with van der Waals surface area (Å²) in [7, 11) is 1.70. The highest BCUT2D eigenvalue weighted by Crippen LogP contribution is 2.26. The normalized spacial score (nSPS) is 13.6. The molecule has 1 fully saturated rings. The average molecular weight is 360 g/mol. The molecule has 2 heterocycles. The molecule has 0 unspecified atom stereocenters. The largest absolute Gasteiger partial charge is 0.496 e. The Morgan fingerprint density at radius 2 is 1.70 bits per heavy atom. The summed E-state index contributed by atoms with van der Waals surface area (Å²) in [5, 5.41) is 3.45. The van der Waals surface area contributed by atoms with Gasteiger partial charge in [-0.3, -0.25) is 0 Å². The van der Waals surface area contributed by atoms with Gasteiger partial charge in [0.05, 0.1) is 12.8 Å². The van der Waals surface area contributed by atoms with E-state index in [0.29, 0.717) is 6.54 Å². The maximum Gasteiger partial charge on any atom is 0.227 e. The van der Waals surface area contributed by atoms with Crippen molar-refractivity contribution in [3.8, 4) is 17.0 Å². The lowest BCUT2D eigenvalue weighted by molar-refractivity contribution is 0.410. The van der Waals surface area contributed by atoms with Gasteiger partial charge in [-0.15, -0.1) is 0 Å². The van der Waals surface area contributed by atoms with E-state index in [9.17, 15) is 0 Å². The van der Waals surface area contributed by atoms with Crippen LogP contribution in [0.15, 0.2) is 60.7 Å². The lowest BCUT2D eigenvalue weighted by atomic mass is 10.1. The lowest BCUT2D eigenvalue weighted by Gasteiger charge is -2.18. The minimum atomic E-state index is 0.648. The first-order valence-electron chi connectivity index (χ1n) is 9.39. The number of nitrogens with one attached hydrogen (secondary N) is 1. The zero-order valence-electron chi connectivity index (χ0n) is 15.6. The Labute approximate surface area is 160 Å². The summed E-state index contributed by atoms with van der Waals surface area (Å²) < 4.78 is 5.45. The molecule has 0 aliphatic carbocycles. The summed E-state index contributed by atoms with van der Waals surface area (Å²) in [6.07, 6.45) is 2.39. The maximum atomic E-state index is 5.45. The van der Waals surface area contributed by atoms with E-state index in [4.69, 9.17) is 14.7 Å². The summed E-state index contributed by atoms with van der Waals surface area (Å²) in [6, 6.07) is 20.3. The van der Waals surface area contributed by atoms with Crippen molar-refractivity contribution in [2.45, 2.75) is 19.4 Å². The smallest absolute Gasteiger partial charge is 0.227 e. The lowest BCUT2D eigenvalue weighted by Crippen LogP contribution is -2.21. The Bertz CT molecular complexity index is 892. The van der Waals surface area contributed by atoms with E-state index in [-0.39, 0.29) is 0 Å². The highest BCUT2D eigenvalue weighted by atomic mass is 16.5. The van der Waals surface area contributed by atoms with Crippen LogP contribution >= 0.6 is 0 Å². The van der Waals surface area contributed by atoms with E-state index in [1.807, 2.05) is 42.5 Å². The van der Waals surface area contributed by atoms with Crippen LogP contribution in [-0.2, 0) is 6.54 Å². The van der Waals surface area contributed by atoms with Gasteiger partial charge in [-0.25, -0.2) is 4.98 Å². The van der Waals surface area contributed by atoms with Gasteiger partial charge in [0.1, 0.15) is 11.6 Å². The molecule has 2 aromatic carbocycles. The van der Waals surface area contributed by atoms with Crippen molar-refractivity contribution in [1.82, 2.24) is 9.97 Å². The van der Waals surface area contributed by atoms with Crippen LogP contribution in [-0.4, -0.2) is 30.2 Å². The second-order valence-electron chi connectivity index (χ2n) is 6.66. The molecular formula is C22H24N4O. The first kappa shape index (κ1) is 17.3. The number of methoxy groups -OCH3 is 1. The van der Waals surface area contributed by atoms with Crippen LogP contribution in [0.2, 0.25) is 0 Å². The molecule has 5 heteroatoms. The summed E-state index contributed by atoms with van der Waals surface area (Å²) in [4.78, 5) is 11.9. The van der Waals surface area contributed by atoms with Gasteiger partial charge in [0.15, 0.2) is 0 Å². The molecule has 1 N–H and O–H groups in total. The molecule has 3 aromatic rings. The Kier molecular flexibility index (Phi) is 5.19. The van der Waals surface area contributed by atoms with E-state index in [1.165, 1.54) is 12.8 Å². The van der Waals surface area contributed by atoms with Crippen molar-refractivity contribution in [3.05, 3.63) is 66.2 Å². The number of benzene rings is 2. The van der Waals surface area contributed by atoms with Crippen molar-refractivity contribution in [1.29, 1.82) is 0 Å². The van der Waals surface area contributed by atoms with E-state index >= 15 is 0 Å². The predicted molar refractivity (Wildman–Crippen MR) is 109 cm³/mol.